The summed E-state index contributed by atoms with van der Waals surface area (Å²) in [6.45, 7) is 4.83. The van der Waals surface area contributed by atoms with Gasteiger partial charge < -0.3 is 0 Å². The van der Waals surface area contributed by atoms with Crippen molar-refractivity contribution in [2.45, 2.75) is 33.2 Å². The summed E-state index contributed by atoms with van der Waals surface area (Å²) in [6.07, 6.45) is 3.77. The highest BCUT2D eigenvalue weighted by Crippen LogP contribution is 2.21. The van der Waals surface area contributed by atoms with E-state index in [0.717, 1.165) is 19.4 Å². The fourth-order valence-electron chi connectivity index (χ4n) is 1.93. The van der Waals surface area contributed by atoms with E-state index in [-0.39, 0.29) is 5.41 Å². The topological polar surface area (TPSA) is 41.6 Å². The third-order valence-corrected chi connectivity index (χ3v) is 3.03. The highest BCUT2D eigenvalue weighted by atomic mass is 15.3. The number of aromatic nitrogens is 2. The first-order valence-corrected chi connectivity index (χ1v) is 5.94. The minimum Gasteiger partial charge on any atom is -0.265 e. The zero-order chi connectivity index (χ0) is 12.3. The molecule has 0 bridgehead atoms. The van der Waals surface area contributed by atoms with Crippen LogP contribution in [0.2, 0.25) is 0 Å². The van der Waals surface area contributed by atoms with Crippen LogP contribution in [0.4, 0.5) is 0 Å². The molecule has 0 aliphatic heterocycles. The van der Waals surface area contributed by atoms with Crippen molar-refractivity contribution in [2.75, 3.05) is 0 Å². The van der Waals surface area contributed by atoms with Crippen LogP contribution in [0.15, 0.2) is 30.5 Å². The van der Waals surface area contributed by atoms with Crippen molar-refractivity contribution in [3.05, 3.63) is 30.5 Å². The Morgan fingerprint density at radius 3 is 2.88 bits per heavy atom. The molecule has 88 valence electrons. The van der Waals surface area contributed by atoms with Gasteiger partial charge in [0.15, 0.2) is 0 Å². The quantitative estimate of drug-likeness (QED) is 0.803. The van der Waals surface area contributed by atoms with E-state index in [1.807, 2.05) is 36.9 Å². The lowest BCUT2D eigenvalue weighted by Gasteiger charge is -2.14. The zero-order valence-electron chi connectivity index (χ0n) is 10.3. The van der Waals surface area contributed by atoms with E-state index in [2.05, 4.69) is 23.3 Å². The van der Waals surface area contributed by atoms with Crippen LogP contribution < -0.4 is 0 Å². The van der Waals surface area contributed by atoms with Gasteiger partial charge in [0, 0.05) is 11.9 Å². The van der Waals surface area contributed by atoms with E-state index in [1.165, 1.54) is 10.9 Å². The van der Waals surface area contributed by atoms with Gasteiger partial charge in [-0.1, -0.05) is 18.2 Å². The van der Waals surface area contributed by atoms with E-state index in [0.29, 0.717) is 0 Å². The van der Waals surface area contributed by atoms with Gasteiger partial charge in [-0.05, 0) is 32.8 Å². The lowest BCUT2D eigenvalue weighted by molar-refractivity contribution is 0.410. The number of fused-ring (bicyclic) bond motifs is 1. The summed E-state index contributed by atoms with van der Waals surface area (Å²) >= 11 is 0. The first-order valence-electron chi connectivity index (χ1n) is 5.94. The SMILES string of the molecule is CC(C)(C#N)CCCn1ncc2ccccc21. The standard InChI is InChI=1S/C14H17N3/c1-14(2,11-15)8-5-9-17-13-7-4-3-6-12(13)10-16-17/h3-4,6-7,10H,5,8-9H2,1-2H3. The van der Waals surface area contributed by atoms with Crippen LogP contribution in [0.25, 0.3) is 10.9 Å². The molecule has 0 amide bonds. The van der Waals surface area contributed by atoms with E-state index in [9.17, 15) is 0 Å². The Kier molecular flexibility index (Phi) is 3.14. The molecule has 0 saturated carbocycles. The maximum absolute atomic E-state index is 8.95. The molecular formula is C14H17N3. The number of aryl methyl sites for hydroxylation is 1. The summed E-state index contributed by atoms with van der Waals surface area (Å²) in [5.41, 5.74) is 0.936. The average Bonchev–Trinajstić information content (AvgIpc) is 2.73. The molecule has 0 N–H and O–H groups in total. The number of para-hydroxylation sites is 1. The summed E-state index contributed by atoms with van der Waals surface area (Å²) in [7, 11) is 0. The van der Waals surface area contributed by atoms with Crippen molar-refractivity contribution in [1.82, 2.24) is 9.78 Å². The summed E-state index contributed by atoms with van der Waals surface area (Å²) < 4.78 is 2.02. The number of nitrogens with zero attached hydrogens (tertiary/aromatic N) is 3. The first-order chi connectivity index (χ1) is 8.12. The molecule has 0 aliphatic rings. The van der Waals surface area contributed by atoms with Crippen LogP contribution >= 0.6 is 0 Å². The average molecular weight is 227 g/mol. The van der Waals surface area contributed by atoms with Crippen LogP contribution in [0.3, 0.4) is 0 Å². The third-order valence-electron chi connectivity index (χ3n) is 3.03. The second kappa shape index (κ2) is 4.58. The fraction of sp³-hybridized carbons (Fsp3) is 0.429. The summed E-state index contributed by atoms with van der Waals surface area (Å²) in [4.78, 5) is 0. The smallest absolute Gasteiger partial charge is 0.0683 e. The fourth-order valence-corrected chi connectivity index (χ4v) is 1.93. The van der Waals surface area contributed by atoms with Crippen molar-refractivity contribution in [3.63, 3.8) is 0 Å². The molecule has 17 heavy (non-hydrogen) atoms. The van der Waals surface area contributed by atoms with Gasteiger partial charge in [-0.15, -0.1) is 0 Å². The molecule has 0 radical (unpaired) electrons. The van der Waals surface area contributed by atoms with E-state index in [1.54, 1.807) is 0 Å². The molecule has 3 heteroatoms. The maximum Gasteiger partial charge on any atom is 0.0683 e. The highest BCUT2D eigenvalue weighted by molar-refractivity contribution is 5.78. The van der Waals surface area contributed by atoms with Crippen molar-refractivity contribution in [1.29, 1.82) is 5.26 Å². The molecule has 0 atom stereocenters. The molecule has 1 aromatic heterocycles. The van der Waals surface area contributed by atoms with Gasteiger partial charge in [0.25, 0.3) is 0 Å². The van der Waals surface area contributed by atoms with Gasteiger partial charge in [-0.3, -0.25) is 4.68 Å². The van der Waals surface area contributed by atoms with Gasteiger partial charge in [-0.25, -0.2) is 0 Å². The number of hydrogen-bond acceptors (Lipinski definition) is 2. The van der Waals surface area contributed by atoms with Crippen LogP contribution in [-0.2, 0) is 6.54 Å². The molecule has 1 aromatic carbocycles. The first kappa shape index (κ1) is 11.7. The summed E-state index contributed by atoms with van der Waals surface area (Å²) in [5.74, 6) is 0. The molecule has 2 aromatic rings. The van der Waals surface area contributed by atoms with Crippen LogP contribution in [0.1, 0.15) is 26.7 Å². The number of rotatable bonds is 4. The largest absolute Gasteiger partial charge is 0.265 e. The molecule has 0 aliphatic carbocycles. The Labute approximate surface area is 102 Å². The molecule has 0 saturated heterocycles. The molecule has 0 spiro atoms. The Balaban J connectivity index is 2.03. The molecule has 2 rings (SSSR count). The normalized spacial score (nSPS) is 11.6. The Bertz CT molecular complexity index is 546. The molecule has 1 heterocycles. The number of benzene rings is 1. The monoisotopic (exact) mass is 227 g/mol. The summed E-state index contributed by atoms with van der Waals surface area (Å²) in [5, 5.41) is 14.5. The Morgan fingerprint density at radius 2 is 2.12 bits per heavy atom. The lowest BCUT2D eigenvalue weighted by atomic mass is 9.90. The van der Waals surface area contributed by atoms with Crippen molar-refractivity contribution >= 4 is 10.9 Å². The van der Waals surface area contributed by atoms with E-state index in [4.69, 9.17) is 5.26 Å². The van der Waals surface area contributed by atoms with E-state index < -0.39 is 0 Å². The van der Waals surface area contributed by atoms with Gasteiger partial charge in [0.1, 0.15) is 0 Å². The molecule has 0 fully saturated rings. The van der Waals surface area contributed by atoms with Crippen molar-refractivity contribution in [2.24, 2.45) is 5.41 Å². The Hall–Kier alpha value is -1.82. The number of nitriles is 1. The lowest BCUT2D eigenvalue weighted by Crippen LogP contribution is -2.10. The zero-order valence-corrected chi connectivity index (χ0v) is 10.3. The van der Waals surface area contributed by atoms with Gasteiger partial charge in [0.05, 0.1) is 23.2 Å². The number of hydrogen-bond donors (Lipinski definition) is 0. The molecule has 0 unspecified atom stereocenters. The predicted molar refractivity (Wildman–Crippen MR) is 68.4 cm³/mol. The predicted octanol–water partition coefficient (Wildman–Crippen LogP) is 3.37. The second-order valence-corrected chi connectivity index (χ2v) is 5.03. The highest BCUT2D eigenvalue weighted by Gasteiger charge is 2.15. The van der Waals surface area contributed by atoms with Crippen LogP contribution in [0.5, 0.6) is 0 Å². The molecule has 3 nitrogen and oxygen atoms in total. The van der Waals surface area contributed by atoms with E-state index >= 15 is 0 Å². The van der Waals surface area contributed by atoms with Gasteiger partial charge in [0.2, 0.25) is 0 Å². The Morgan fingerprint density at radius 1 is 1.35 bits per heavy atom. The molecular weight excluding hydrogens is 210 g/mol. The van der Waals surface area contributed by atoms with Crippen molar-refractivity contribution < 1.29 is 0 Å². The van der Waals surface area contributed by atoms with Gasteiger partial charge >= 0.3 is 0 Å². The van der Waals surface area contributed by atoms with Gasteiger partial charge in [-0.2, -0.15) is 10.4 Å². The van der Waals surface area contributed by atoms with Crippen LogP contribution in [0, 0.1) is 16.7 Å². The van der Waals surface area contributed by atoms with Crippen molar-refractivity contribution in [3.8, 4) is 6.07 Å². The minimum absolute atomic E-state index is 0.233. The van der Waals surface area contributed by atoms with Crippen LogP contribution in [-0.4, -0.2) is 9.78 Å². The minimum atomic E-state index is -0.233. The summed E-state index contributed by atoms with van der Waals surface area (Å²) in [6, 6.07) is 10.5. The second-order valence-electron chi connectivity index (χ2n) is 5.03. The third kappa shape index (κ3) is 2.65. The maximum atomic E-state index is 8.95.